The van der Waals surface area contributed by atoms with Crippen LogP contribution >= 0.6 is 11.6 Å². The number of alkyl halides is 1. The Balaban J connectivity index is 2.75. The summed E-state index contributed by atoms with van der Waals surface area (Å²) in [6.45, 7) is 1.53. The molecule has 2 N–H and O–H groups in total. The maximum atomic E-state index is 11.7. The summed E-state index contributed by atoms with van der Waals surface area (Å²) in [4.78, 5) is 24.0. The monoisotopic (exact) mass is 249 g/mol. The molecule has 1 amide bonds. The van der Waals surface area contributed by atoms with E-state index < -0.39 is 17.3 Å². The molecule has 0 aromatic heterocycles. The van der Waals surface area contributed by atoms with Crippen molar-refractivity contribution >= 4 is 23.5 Å². The molecular weight excluding hydrogens is 234 g/mol. The molecule has 3 unspecified atom stereocenters. The summed E-state index contributed by atoms with van der Waals surface area (Å²) in [6, 6.07) is -0.302. The van der Waals surface area contributed by atoms with Crippen LogP contribution in [0.2, 0.25) is 0 Å². The van der Waals surface area contributed by atoms with Crippen molar-refractivity contribution in [2.75, 3.05) is 13.2 Å². The van der Waals surface area contributed by atoms with Gasteiger partial charge < -0.3 is 15.1 Å². The van der Waals surface area contributed by atoms with E-state index in [4.69, 9.17) is 21.8 Å². The third-order valence-electron chi connectivity index (χ3n) is 2.89. The summed E-state index contributed by atoms with van der Waals surface area (Å²) in [7, 11) is 0. The van der Waals surface area contributed by atoms with Crippen molar-refractivity contribution < 1.29 is 19.8 Å². The molecule has 0 aromatic rings. The highest BCUT2D eigenvalue weighted by molar-refractivity contribution is 6.30. The summed E-state index contributed by atoms with van der Waals surface area (Å²) >= 11 is 5.69. The first kappa shape index (κ1) is 13.3. The SMILES string of the molecule is CC(Cl)C(=O)N1CC(C(=O)O)CCC1CO. The van der Waals surface area contributed by atoms with Gasteiger partial charge in [-0.15, -0.1) is 11.6 Å². The number of aliphatic hydroxyl groups is 1. The van der Waals surface area contributed by atoms with E-state index in [1.165, 1.54) is 4.90 Å². The highest BCUT2D eigenvalue weighted by Crippen LogP contribution is 2.23. The molecule has 1 aliphatic rings. The standard InChI is InChI=1S/C10H16ClNO4/c1-6(11)9(14)12-4-7(10(15)16)2-3-8(12)5-13/h6-8,13H,2-5H2,1H3,(H,15,16). The van der Waals surface area contributed by atoms with E-state index in [1.807, 2.05) is 0 Å². The molecule has 0 spiro atoms. The second-order valence-corrected chi connectivity index (χ2v) is 4.71. The normalized spacial score (nSPS) is 27.6. The lowest BCUT2D eigenvalue weighted by atomic mass is 9.93. The molecule has 1 saturated heterocycles. The van der Waals surface area contributed by atoms with Crippen molar-refractivity contribution in [3.63, 3.8) is 0 Å². The van der Waals surface area contributed by atoms with Crippen molar-refractivity contribution in [2.24, 2.45) is 5.92 Å². The molecule has 1 aliphatic heterocycles. The summed E-state index contributed by atoms with van der Waals surface area (Å²) in [5.74, 6) is -1.77. The van der Waals surface area contributed by atoms with Crippen LogP contribution in [0.3, 0.4) is 0 Å². The molecule has 5 nitrogen and oxygen atoms in total. The topological polar surface area (TPSA) is 77.8 Å². The van der Waals surface area contributed by atoms with Crippen LogP contribution in [0, 0.1) is 5.92 Å². The molecule has 1 heterocycles. The van der Waals surface area contributed by atoms with E-state index >= 15 is 0 Å². The van der Waals surface area contributed by atoms with Crippen LogP contribution in [-0.4, -0.2) is 51.6 Å². The first-order chi connectivity index (χ1) is 7.47. The minimum absolute atomic E-state index is 0.135. The lowest BCUT2D eigenvalue weighted by Gasteiger charge is -2.38. The zero-order valence-electron chi connectivity index (χ0n) is 9.10. The summed E-state index contributed by atoms with van der Waals surface area (Å²) < 4.78 is 0. The van der Waals surface area contributed by atoms with Crippen molar-refractivity contribution in [3.05, 3.63) is 0 Å². The Morgan fingerprint density at radius 1 is 1.50 bits per heavy atom. The van der Waals surface area contributed by atoms with Gasteiger partial charge in [0.25, 0.3) is 0 Å². The predicted molar refractivity (Wildman–Crippen MR) is 58.3 cm³/mol. The summed E-state index contributed by atoms with van der Waals surface area (Å²) in [6.07, 6.45) is 0.990. The number of carbonyl (C=O) groups excluding carboxylic acids is 1. The molecule has 1 fully saturated rings. The molecule has 0 bridgehead atoms. The molecule has 0 aromatic carbocycles. The molecule has 92 valence electrons. The average Bonchev–Trinajstić information content (AvgIpc) is 2.26. The van der Waals surface area contributed by atoms with Crippen LogP contribution in [0.1, 0.15) is 19.8 Å². The number of carboxylic acids is 1. The summed E-state index contributed by atoms with van der Waals surface area (Å²) in [5, 5.41) is 17.3. The number of piperidine rings is 1. The first-order valence-corrected chi connectivity index (χ1v) is 5.69. The largest absolute Gasteiger partial charge is 0.481 e. The Morgan fingerprint density at radius 3 is 2.56 bits per heavy atom. The fraction of sp³-hybridized carbons (Fsp3) is 0.800. The number of aliphatic carboxylic acids is 1. The van der Waals surface area contributed by atoms with Crippen LogP contribution in [0.4, 0.5) is 0 Å². The quantitative estimate of drug-likeness (QED) is 0.705. The van der Waals surface area contributed by atoms with Crippen molar-refractivity contribution in [1.29, 1.82) is 0 Å². The van der Waals surface area contributed by atoms with E-state index in [1.54, 1.807) is 6.92 Å². The second kappa shape index (κ2) is 5.50. The molecule has 16 heavy (non-hydrogen) atoms. The average molecular weight is 250 g/mol. The summed E-state index contributed by atoms with van der Waals surface area (Å²) in [5.41, 5.74) is 0. The maximum Gasteiger partial charge on any atom is 0.308 e. The van der Waals surface area contributed by atoms with Crippen molar-refractivity contribution in [2.45, 2.75) is 31.2 Å². The fourth-order valence-corrected chi connectivity index (χ4v) is 2.04. The van der Waals surface area contributed by atoms with Gasteiger partial charge in [-0.1, -0.05) is 0 Å². The number of aliphatic hydroxyl groups excluding tert-OH is 1. The number of hydrogen-bond acceptors (Lipinski definition) is 3. The first-order valence-electron chi connectivity index (χ1n) is 5.25. The molecule has 6 heteroatoms. The number of rotatable bonds is 3. The van der Waals surface area contributed by atoms with Gasteiger partial charge in [0.05, 0.1) is 18.6 Å². The Kier molecular flexibility index (Phi) is 4.56. The van der Waals surface area contributed by atoms with E-state index in [9.17, 15) is 9.59 Å². The molecule has 0 radical (unpaired) electrons. The third kappa shape index (κ3) is 2.86. The Labute approximate surface area is 99.0 Å². The van der Waals surface area contributed by atoms with Gasteiger partial charge in [0, 0.05) is 6.54 Å². The van der Waals surface area contributed by atoms with Crippen LogP contribution in [-0.2, 0) is 9.59 Å². The smallest absolute Gasteiger partial charge is 0.308 e. The lowest BCUT2D eigenvalue weighted by molar-refractivity contribution is -0.148. The van der Waals surface area contributed by atoms with Gasteiger partial charge in [-0.05, 0) is 19.8 Å². The predicted octanol–water partition coefficient (Wildman–Crippen LogP) is 0.298. The highest BCUT2D eigenvalue weighted by atomic mass is 35.5. The van der Waals surface area contributed by atoms with Gasteiger partial charge in [-0.3, -0.25) is 9.59 Å². The molecule has 3 atom stereocenters. The number of carboxylic acid groups (broad SMARTS) is 1. The Bertz CT molecular complexity index is 282. The van der Waals surface area contributed by atoms with E-state index in [2.05, 4.69) is 0 Å². The third-order valence-corrected chi connectivity index (χ3v) is 3.08. The number of likely N-dealkylation sites (tertiary alicyclic amines) is 1. The molecule has 0 saturated carbocycles. The molecule has 0 aliphatic carbocycles. The van der Waals surface area contributed by atoms with Crippen molar-refractivity contribution in [3.8, 4) is 0 Å². The lowest BCUT2D eigenvalue weighted by Crippen LogP contribution is -2.52. The maximum absolute atomic E-state index is 11.7. The minimum atomic E-state index is -0.906. The molecule has 1 rings (SSSR count). The fourth-order valence-electron chi connectivity index (χ4n) is 1.92. The van der Waals surface area contributed by atoms with Crippen LogP contribution in [0.25, 0.3) is 0 Å². The van der Waals surface area contributed by atoms with Gasteiger partial charge >= 0.3 is 5.97 Å². The van der Waals surface area contributed by atoms with Gasteiger partial charge in [0.1, 0.15) is 5.38 Å². The number of halogens is 1. The van der Waals surface area contributed by atoms with E-state index in [0.717, 1.165) is 0 Å². The highest BCUT2D eigenvalue weighted by Gasteiger charge is 2.35. The van der Waals surface area contributed by atoms with E-state index in [0.29, 0.717) is 12.8 Å². The number of amides is 1. The van der Waals surface area contributed by atoms with Gasteiger partial charge in [0.15, 0.2) is 0 Å². The molecular formula is C10H16ClNO4. The second-order valence-electron chi connectivity index (χ2n) is 4.06. The van der Waals surface area contributed by atoms with Crippen LogP contribution in [0.15, 0.2) is 0 Å². The van der Waals surface area contributed by atoms with Gasteiger partial charge in [-0.2, -0.15) is 0 Å². The van der Waals surface area contributed by atoms with Crippen molar-refractivity contribution in [1.82, 2.24) is 4.90 Å². The number of carbonyl (C=O) groups is 2. The zero-order chi connectivity index (χ0) is 12.3. The number of hydrogen-bond donors (Lipinski definition) is 2. The Morgan fingerprint density at radius 2 is 2.12 bits per heavy atom. The number of nitrogens with zero attached hydrogens (tertiary/aromatic N) is 1. The minimum Gasteiger partial charge on any atom is -0.481 e. The zero-order valence-corrected chi connectivity index (χ0v) is 9.85. The van der Waals surface area contributed by atoms with Gasteiger partial charge in [-0.25, -0.2) is 0 Å². The van der Waals surface area contributed by atoms with Crippen LogP contribution in [0.5, 0.6) is 0 Å². The van der Waals surface area contributed by atoms with E-state index in [-0.39, 0.29) is 25.1 Å². The Hall–Kier alpha value is -0.810. The van der Waals surface area contributed by atoms with Gasteiger partial charge in [0.2, 0.25) is 5.91 Å². The van der Waals surface area contributed by atoms with Crippen LogP contribution < -0.4 is 0 Å².